The fourth-order valence-corrected chi connectivity index (χ4v) is 5.74. The lowest BCUT2D eigenvalue weighted by Gasteiger charge is -2.31. The number of fused-ring (bicyclic) bond motifs is 2. The van der Waals surface area contributed by atoms with Crippen molar-refractivity contribution < 1.29 is 41.0 Å². The summed E-state index contributed by atoms with van der Waals surface area (Å²) in [5, 5.41) is 7.12. The molecule has 0 atom stereocenters. The molecule has 208 valence electrons. The third-order valence-electron chi connectivity index (χ3n) is 6.08. The molecule has 39 heavy (non-hydrogen) atoms. The third kappa shape index (κ3) is 6.82. The minimum atomic E-state index is -5.08. The van der Waals surface area contributed by atoms with Crippen LogP contribution in [0.2, 0.25) is 0 Å². The molecule has 0 spiro atoms. The number of ether oxygens (including phenoxy) is 2. The molecule has 1 saturated heterocycles. The molecule has 0 unspecified atom stereocenters. The Bertz CT molecular complexity index is 1350. The molecule has 3 aromatic rings. The Hall–Kier alpha value is -3.77. The molecule has 1 fully saturated rings. The molecule has 0 bridgehead atoms. The molecule has 3 aromatic carbocycles. The fraction of sp³-hybridized carbons (Fsp3) is 0.296. The van der Waals surface area contributed by atoms with Gasteiger partial charge in [-0.2, -0.15) is 13.2 Å². The number of carbonyl (C=O) groups is 1. The molecule has 2 aliphatic heterocycles. The standard InChI is InChI=1S/C25H26N2O4S.C2HF3O2/c28-32(29,21-14-12-20(13-15-21)30-19-7-18-26-16-5-6-17-26)27-22-8-1-3-10-24(22)31-25-11-4-2-9-23(25)27;3-2(4,5)1(6)7/h1-4,8-15H,5-7,16-19H2;(H,6,7). The van der Waals surface area contributed by atoms with Gasteiger partial charge in [0.2, 0.25) is 0 Å². The van der Waals surface area contributed by atoms with Crippen LogP contribution < -0.4 is 13.8 Å². The monoisotopic (exact) mass is 564 g/mol. The molecule has 0 aromatic heterocycles. The van der Waals surface area contributed by atoms with Gasteiger partial charge in [0.15, 0.2) is 11.5 Å². The number of aliphatic carboxylic acids is 1. The number of nitrogens with zero attached hydrogens (tertiary/aromatic N) is 2. The highest BCUT2D eigenvalue weighted by molar-refractivity contribution is 7.93. The van der Waals surface area contributed by atoms with Crippen molar-refractivity contribution in [2.75, 3.05) is 30.5 Å². The Balaban J connectivity index is 0.000000448. The van der Waals surface area contributed by atoms with Gasteiger partial charge >= 0.3 is 12.1 Å². The summed E-state index contributed by atoms with van der Waals surface area (Å²) in [4.78, 5) is 11.6. The summed E-state index contributed by atoms with van der Waals surface area (Å²) in [5.41, 5.74) is 0.988. The van der Waals surface area contributed by atoms with Gasteiger partial charge in [-0.05, 0) is 80.9 Å². The van der Waals surface area contributed by atoms with Crippen molar-refractivity contribution in [2.45, 2.75) is 30.3 Å². The van der Waals surface area contributed by atoms with E-state index >= 15 is 0 Å². The third-order valence-corrected chi connectivity index (χ3v) is 7.82. The fourth-order valence-electron chi connectivity index (χ4n) is 4.23. The van der Waals surface area contributed by atoms with E-state index < -0.39 is 22.2 Å². The zero-order valence-corrected chi connectivity index (χ0v) is 21.6. The van der Waals surface area contributed by atoms with Crippen LogP contribution in [0.5, 0.6) is 17.2 Å². The molecule has 2 aliphatic rings. The number of para-hydroxylation sites is 4. The molecular formula is C27H27F3N2O6S. The second-order valence-corrected chi connectivity index (χ2v) is 10.6. The van der Waals surface area contributed by atoms with Crippen LogP contribution in [0.3, 0.4) is 0 Å². The largest absolute Gasteiger partial charge is 0.494 e. The first kappa shape index (κ1) is 28.2. The van der Waals surface area contributed by atoms with Crippen LogP contribution in [0.15, 0.2) is 77.7 Å². The first-order valence-electron chi connectivity index (χ1n) is 12.2. The first-order chi connectivity index (χ1) is 18.6. The van der Waals surface area contributed by atoms with E-state index in [1.165, 1.54) is 30.2 Å². The summed E-state index contributed by atoms with van der Waals surface area (Å²) in [6.07, 6.45) is -1.55. The highest BCUT2D eigenvalue weighted by Gasteiger charge is 2.38. The lowest BCUT2D eigenvalue weighted by molar-refractivity contribution is -0.192. The summed E-state index contributed by atoms with van der Waals surface area (Å²) in [6.45, 7) is 4.02. The van der Waals surface area contributed by atoms with Gasteiger partial charge in [-0.25, -0.2) is 17.5 Å². The molecule has 0 radical (unpaired) electrons. The van der Waals surface area contributed by atoms with Crippen molar-refractivity contribution in [3.63, 3.8) is 0 Å². The minimum Gasteiger partial charge on any atom is -0.494 e. The predicted molar refractivity (Wildman–Crippen MR) is 138 cm³/mol. The lowest BCUT2D eigenvalue weighted by atomic mass is 10.2. The molecule has 0 amide bonds. The number of likely N-dealkylation sites (tertiary alicyclic amines) is 1. The van der Waals surface area contributed by atoms with Crippen molar-refractivity contribution in [2.24, 2.45) is 0 Å². The van der Waals surface area contributed by atoms with Crippen molar-refractivity contribution >= 4 is 27.4 Å². The van der Waals surface area contributed by atoms with Crippen LogP contribution in [0.1, 0.15) is 19.3 Å². The molecule has 0 saturated carbocycles. The molecular weight excluding hydrogens is 537 g/mol. The van der Waals surface area contributed by atoms with Crippen molar-refractivity contribution in [3.8, 4) is 17.2 Å². The second kappa shape index (κ2) is 12.0. The topological polar surface area (TPSA) is 96.4 Å². The maximum Gasteiger partial charge on any atom is 0.490 e. The average molecular weight is 565 g/mol. The van der Waals surface area contributed by atoms with E-state index in [2.05, 4.69) is 4.90 Å². The Morgan fingerprint density at radius 3 is 1.92 bits per heavy atom. The Kier molecular flexibility index (Phi) is 8.66. The van der Waals surface area contributed by atoms with Crippen LogP contribution >= 0.6 is 0 Å². The van der Waals surface area contributed by atoms with E-state index in [-0.39, 0.29) is 4.90 Å². The van der Waals surface area contributed by atoms with Gasteiger partial charge in [0.1, 0.15) is 17.1 Å². The zero-order chi connectivity index (χ0) is 28.0. The van der Waals surface area contributed by atoms with E-state index in [1.807, 2.05) is 12.1 Å². The number of rotatable bonds is 7. The van der Waals surface area contributed by atoms with Gasteiger partial charge in [0.05, 0.1) is 11.5 Å². The summed E-state index contributed by atoms with van der Waals surface area (Å²) in [6, 6.07) is 21.0. The summed E-state index contributed by atoms with van der Waals surface area (Å²) in [7, 11) is -3.85. The smallest absolute Gasteiger partial charge is 0.490 e. The van der Waals surface area contributed by atoms with Gasteiger partial charge in [0.25, 0.3) is 10.0 Å². The van der Waals surface area contributed by atoms with Crippen molar-refractivity contribution in [1.82, 2.24) is 4.90 Å². The van der Waals surface area contributed by atoms with Crippen LogP contribution in [0.25, 0.3) is 0 Å². The minimum absolute atomic E-state index is 0.202. The van der Waals surface area contributed by atoms with Gasteiger partial charge in [-0.15, -0.1) is 0 Å². The summed E-state index contributed by atoms with van der Waals surface area (Å²) >= 11 is 0. The van der Waals surface area contributed by atoms with E-state index in [4.69, 9.17) is 19.4 Å². The number of hydrogen-bond acceptors (Lipinski definition) is 6. The number of carboxylic acids is 1. The van der Waals surface area contributed by atoms with Gasteiger partial charge < -0.3 is 19.5 Å². The van der Waals surface area contributed by atoms with Crippen LogP contribution in [0, 0.1) is 0 Å². The van der Waals surface area contributed by atoms with Gasteiger partial charge in [0, 0.05) is 6.54 Å². The number of carboxylic acid groups (broad SMARTS) is 1. The van der Waals surface area contributed by atoms with Gasteiger partial charge in [-0.1, -0.05) is 24.3 Å². The normalized spacial score (nSPS) is 14.9. The van der Waals surface area contributed by atoms with Crippen molar-refractivity contribution in [3.05, 3.63) is 72.8 Å². The molecule has 0 aliphatic carbocycles. The number of halogens is 3. The zero-order valence-electron chi connectivity index (χ0n) is 20.8. The Morgan fingerprint density at radius 2 is 1.41 bits per heavy atom. The van der Waals surface area contributed by atoms with E-state index in [0.717, 1.165) is 13.0 Å². The van der Waals surface area contributed by atoms with Gasteiger partial charge in [-0.3, -0.25) is 0 Å². The summed E-state index contributed by atoms with van der Waals surface area (Å²) in [5.74, 6) is -1.07. The predicted octanol–water partition coefficient (Wildman–Crippen LogP) is 5.82. The van der Waals surface area contributed by atoms with E-state index in [0.29, 0.717) is 35.2 Å². The number of sulfonamides is 1. The number of benzene rings is 3. The Morgan fingerprint density at radius 1 is 0.897 bits per heavy atom. The molecule has 2 heterocycles. The highest BCUT2D eigenvalue weighted by atomic mass is 32.2. The molecule has 1 N–H and O–H groups in total. The number of anilines is 2. The van der Waals surface area contributed by atoms with E-state index in [9.17, 15) is 21.6 Å². The molecule has 8 nitrogen and oxygen atoms in total. The second-order valence-electron chi connectivity index (χ2n) is 8.83. The molecule has 12 heteroatoms. The summed E-state index contributed by atoms with van der Waals surface area (Å²) < 4.78 is 72.2. The maximum absolute atomic E-state index is 13.7. The van der Waals surface area contributed by atoms with Crippen LogP contribution in [-0.4, -0.2) is 56.8 Å². The quantitative estimate of drug-likeness (QED) is 0.362. The first-order valence-corrected chi connectivity index (χ1v) is 13.7. The van der Waals surface area contributed by atoms with Crippen LogP contribution in [0.4, 0.5) is 24.5 Å². The maximum atomic E-state index is 13.7. The van der Waals surface area contributed by atoms with Crippen LogP contribution in [-0.2, 0) is 14.8 Å². The van der Waals surface area contributed by atoms with E-state index in [1.54, 1.807) is 60.7 Å². The SMILES string of the molecule is O=C(O)C(F)(F)F.O=S(=O)(c1ccc(OCCCN2CCCC2)cc1)N1c2ccccc2Oc2ccccc21. The Labute approximate surface area is 224 Å². The van der Waals surface area contributed by atoms with Crippen molar-refractivity contribution in [1.29, 1.82) is 0 Å². The average Bonchev–Trinajstić information content (AvgIpc) is 3.43. The molecule has 5 rings (SSSR count). The number of alkyl halides is 3. The highest BCUT2D eigenvalue weighted by Crippen LogP contribution is 2.48. The number of hydrogen-bond donors (Lipinski definition) is 1. The lowest BCUT2D eigenvalue weighted by Crippen LogP contribution is -2.28.